The van der Waals surface area contributed by atoms with Gasteiger partial charge in [0, 0.05) is 17.9 Å². The molecule has 1 aliphatic heterocycles. The van der Waals surface area contributed by atoms with Crippen molar-refractivity contribution in [1.82, 2.24) is 20.2 Å². The number of anilines is 1. The monoisotopic (exact) mass is 291 g/mol. The molecule has 1 unspecified atom stereocenters. The molecule has 6 nitrogen and oxygen atoms in total. The van der Waals surface area contributed by atoms with Gasteiger partial charge in [0.2, 0.25) is 0 Å². The number of nitrogen functional groups attached to an aromatic ring is 1. The molecular formula is C14H18FN5O. The Labute approximate surface area is 122 Å². The summed E-state index contributed by atoms with van der Waals surface area (Å²) in [6, 6.07) is 4.39. The van der Waals surface area contributed by atoms with Crippen molar-refractivity contribution < 1.29 is 9.13 Å². The molecule has 0 bridgehead atoms. The molecule has 1 fully saturated rings. The van der Waals surface area contributed by atoms with Gasteiger partial charge in [-0.05, 0) is 55.3 Å². The molecule has 2 heterocycles. The second kappa shape index (κ2) is 5.07. The Bertz CT molecular complexity index is 655. The Morgan fingerprint density at radius 2 is 2.24 bits per heavy atom. The van der Waals surface area contributed by atoms with E-state index in [0.29, 0.717) is 23.7 Å². The fourth-order valence-corrected chi connectivity index (χ4v) is 2.76. The Kier molecular flexibility index (Phi) is 3.36. The van der Waals surface area contributed by atoms with Gasteiger partial charge in [0.1, 0.15) is 5.82 Å². The Morgan fingerprint density at radius 3 is 2.95 bits per heavy atom. The van der Waals surface area contributed by atoms with Gasteiger partial charge in [-0.2, -0.15) is 0 Å². The standard InChI is InChI=1S/C14H18FN5O/c1-14(2)8-10(5-6-21-14)20-13(17-18-19-20)11-4-3-9(15)7-12(11)16/h3-4,7,10H,5-6,8,16H2,1-2H3. The van der Waals surface area contributed by atoms with Gasteiger partial charge < -0.3 is 10.5 Å². The Hall–Kier alpha value is -2.02. The highest BCUT2D eigenvalue weighted by molar-refractivity contribution is 5.71. The average molecular weight is 291 g/mol. The molecule has 1 aliphatic rings. The normalized spacial score (nSPS) is 21.4. The molecule has 0 aliphatic carbocycles. The smallest absolute Gasteiger partial charge is 0.184 e. The summed E-state index contributed by atoms with van der Waals surface area (Å²) in [5, 5.41) is 11.9. The van der Waals surface area contributed by atoms with Crippen LogP contribution in [0.3, 0.4) is 0 Å². The molecule has 7 heteroatoms. The molecule has 3 rings (SSSR count). The molecule has 1 saturated heterocycles. The van der Waals surface area contributed by atoms with E-state index < -0.39 is 0 Å². The summed E-state index contributed by atoms with van der Waals surface area (Å²) in [6.45, 7) is 4.76. The Morgan fingerprint density at radius 1 is 1.43 bits per heavy atom. The number of halogens is 1. The third kappa shape index (κ3) is 2.73. The van der Waals surface area contributed by atoms with Crippen LogP contribution in [-0.2, 0) is 4.74 Å². The lowest BCUT2D eigenvalue weighted by Crippen LogP contribution is -2.35. The zero-order chi connectivity index (χ0) is 15.0. The van der Waals surface area contributed by atoms with Gasteiger partial charge in [-0.3, -0.25) is 0 Å². The lowest BCUT2D eigenvalue weighted by molar-refractivity contribution is -0.0707. The maximum atomic E-state index is 13.2. The van der Waals surface area contributed by atoms with Crippen LogP contribution >= 0.6 is 0 Å². The van der Waals surface area contributed by atoms with E-state index in [-0.39, 0.29) is 17.5 Å². The van der Waals surface area contributed by atoms with Gasteiger partial charge >= 0.3 is 0 Å². The lowest BCUT2D eigenvalue weighted by atomic mass is 9.94. The van der Waals surface area contributed by atoms with Crippen molar-refractivity contribution in [2.45, 2.75) is 38.3 Å². The maximum Gasteiger partial charge on any atom is 0.184 e. The third-order valence-electron chi connectivity index (χ3n) is 3.76. The molecule has 1 atom stereocenters. The predicted molar refractivity (Wildman–Crippen MR) is 75.9 cm³/mol. The largest absolute Gasteiger partial charge is 0.398 e. The molecule has 0 amide bonds. The quantitative estimate of drug-likeness (QED) is 0.858. The Balaban J connectivity index is 1.97. The van der Waals surface area contributed by atoms with Crippen molar-refractivity contribution in [3.05, 3.63) is 24.0 Å². The minimum Gasteiger partial charge on any atom is -0.398 e. The molecule has 1 aromatic heterocycles. The first-order valence-corrected chi connectivity index (χ1v) is 6.93. The van der Waals surface area contributed by atoms with Crippen molar-refractivity contribution in [1.29, 1.82) is 0 Å². The lowest BCUT2D eigenvalue weighted by Gasteiger charge is -2.35. The molecule has 0 spiro atoms. The summed E-state index contributed by atoms with van der Waals surface area (Å²) in [6.07, 6.45) is 1.65. The van der Waals surface area contributed by atoms with Crippen LogP contribution in [-0.4, -0.2) is 32.4 Å². The number of rotatable bonds is 2. The van der Waals surface area contributed by atoms with Crippen molar-refractivity contribution in [3.8, 4) is 11.4 Å². The highest BCUT2D eigenvalue weighted by atomic mass is 19.1. The van der Waals surface area contributed by atoms with E-state index in [2.05, 4.69) is 29.4 Å². The highest BCUT2D eigenvalue weighted by Crippen LogP contribution is 2.34. The number of benzene rings is 1. The average Bonchev–Trinajstić information content (AvgIpc) is 2.86. The fourth-order valence-electron chi connectivity index (χ4n) is 2.76. The molecular weight excluding hydrogens is 273 g/mol. The van der Waals surface area contributed by atoms with Gasteiger partial charge in [0.15, 0.2) is 5.82 Å². The zero-order valence-electron chi connectivity index (χ0n) is 12.1. The minimum absolute atomic E-state index is 0.142. The van der Waals surface area contributed by atoms with Crippen LogP contribution in [0.1, 0.15) is 32.7 Å². The van der Waals surface area contributed by atoms with E-state index in [9.17, 15) is 4.39 Å². The van der Waals surface area contributed by atoms with E-state index in [4.69, 9.17) is 10.5 Å². The first kappa shape index (κ1) is 13.9. The molecule has 0 radical (unpaired) electrons. The molecule has 1 aromatic carbocycles. The number of tetrazole rings is 1. The van der Waals surface area contributed by atoms with Crippen molar-refractivity contribution >= 4 is 5.69 Å². The maximum absolute atomic E-state index is 13.2. The summed E-state index contributed by atoms with van der Waals surface area (Å²) in [5.41, 5.74) is 6.66. The van der Waals surface area contributed by atoms with E-state index >= 15 is 0 Å². The third-order valence-corrected chi connectivity index (χ3v) is 3.76. The van der Waals surface area contributed by atoms with Crippen molar-refractivity contribution in [2.75, 3.05) is 12.3 Å². The molecule has 21 heavy (non-hydrogen) atoms. The van der Waals surface area contributed by atoms with Crippen LogP contribution in [0.4, 0.5) is 10.1 Å². The number of hydrogen-bond acceptors (Lipinski definition) is 5. The van der Waals surface area contributed by atoms with E-state index in [1.54, 1.807) is 10.7 Å². The summed E-state index contributed by atoms with van der Waals surface area (Å²) >= 11 is 0. The van der Waals surface area contributed by atoms with Crippen molar-refractivity contribution in [3.63, 3.8) is 0 Å². The summed E-state index contributed by atoms with van der Waals surface area (Å²) in [4.78, 5) is 0. The van der Waals surface area contributed by atoms with Crippen LogP contribution in [0.2, 0.25) is 0 Å². The summed E-state index contributed by atoms with van der Waals surface area (Å²) in [5.74, 6) is 0.192. The second-order valence-electron chi connectivity index (χ2n) is 5.93. The number of ether oxygens (including phenoxy) is 1. The van der Waals surface area contributed by atoms with Crippen LogP contribution < -0.4 is 5.73 Å². The van der Waals surface area contributed by atoms with E-state index in [1.807, 2.05) is 0 Å². The summed E-state index contributed by atoms with van der Waals surface area (Å²) < 4.78 is 20.7. The van der Waals surface area contributed by atoms with E-state index in [0.717, 1.165) is 12.8 Å². The van der Waals surface area contributed by atoms with Crippen LogP contribution in [0.15, 0.2) is 18.2 Å². The topological polar surface area (TPSA) is 78.9 Å². The summed E-state index contributed by atoms with van der Waals surface area (Å²) in [7, 11) is 0. The zero-order valence-corrected chi connectivity index (χ0v) is 12.1. The number of aromatic nitrogens is 4. The first-order valence-electron chi connectivity index (χ1n) is 6.93. The first-order chi connectivity index (χ1) is 9.96. The fraction of sp³-hybridized carbons (Fsp3) is 0.500. The van der Waals surface area contributed by atoms with Gasteiger partial charge in [0.05, 0.1) is 11.6 Å². The van der Waals surface area contributed by atoms with Gasteiger partial charge in [-0.15, -0.1) is 5.10 Å². The molecule has 2 aromatic rings. The number of nitrogens with zero attached hydrogens (tertiary/aromatic N) is 4. The molecule has 2 N–H and O–H groups in total. The van der Waals surface area contributed by atoms with Gasteiger partial charge in [0.25, 0.3) is 0 Å². The van der Waals surface area contributed by atoms with E-state index in [1.165, 1.54) is 12.1 Å². The number of hydrogen-bond donors (Lipinski definition) is 1. The van der Waals surface area contributed by atoms with Crippen LogP contribution in [0, 0.1) is 5.82 Å². The van der Waals surface area contributed by atoms with Crippen molar-refractivity contribution in [2.24, 2.45) is 0 Å². The van der Waals surface area contributed by atoms with Gasteiger partial charge in [-0.1, -0.05) is 0 Å². The van der Waals surface area contributed by atoms with Crippen LogP contribution in [0.25, 0.3) is 11.4 Å². The molecule has 0 saturated carbocycles. The molecule has 112 valence electrons. The predicted octanol–water partition coefficient (Wildman–Crippen LogP) is 2.19. The number of nitrogens with two attached hydrogens (primary N) is 1. The SMILES string of the molecule is CC1(C)CC(n2nnnc2-c2ccc(F)cc2N)CCO1. The van der Waals surface area contributed by atoms with Crippen LogP contribution in [0.5, 0.6) is 0 Å². The second-order valence-corrected chi connectivity index (χ2v) is 5.93. The minimum atomic E-state index is -0.373. The van der Waals surface area contributed by atoms with Gasteiger partial charge in [-0.25, -0.2) is 9.07 Å². The highest BCUT2D eigenvalue weighted by Gasteiger charge is 2.32.